The van der Waals surface area contributed by atoms with Gasteiger partial charge in [0.25, 0.3) is 0 Å². The molecule has 0 unspecified atom stereocenters. The maximum absolute atomic E-state index is 12.4. The highest BCUT2D eigenvalue weighted by Gasteiger charge is 2.31. The molecule has 100 valence electrons. The summed E-state index contributed by atoms with van der Waals surface area (Å²) in [6.45, 7) is 2.03. The summed E-state index contributed by atoms with van der Waals surface area (Å²) in [5, 5.41) is 7.29. The van der Waals surface area contributed by atoms with E-state index in [1.165, 1.54) is 0 Å². The molecule has 0 spiro atoms. The Balaban J connectivity index is 1.92. The van der Waals surface area contributed by atoms with Crippen LogP contribution >= 0.6 is 0 Å². The van der Waals surface area contributed by atoms with Crippen LogP contribution in [0.5, 0.6) is 0 Å². The SMILES string of the molecule is FC(F)(F)c1cnc(-c2nc3n(n2)CCNC3)nc1. The van der Waals surface area contributed by atoms with Crippen LogP contribution in [0.15, 0.2) is 12.4 Å². The standard InChI is InChI=1S/C10H9F3N6/c11-10(12,13)6-3-15-8(16-4-6)9-17-7-5-14-1-2-19(7)18-9/h3-4,14H,1-2,5H2. The van der Waals surface area contributed by atoms with Gasteiger partial charge in [-0.25, -0.2) is 19.6 Å². The first kappa shape index (κ1) is 12.0. The Labute approximate surface area is 105 Å². The number of aromatic nitrogens is 5. The number of halogens is 3. The van der Waals surface area contributed by atoms with Crippen LogP contribution < -0.4 is 5.32 Å². The molecule has 0 saturated heterocycles. The quantitative estimate of drug-likeness (QED) is 0.832. The summed E-state index contributed by atoms with van der Waals surface area (Å²) in [6.07, 6.45) is -2.97. The molecule has 1 aliphatic heterocycles. The van der Waals surface area contributed by atoms with Crippen LogP contribution in [0.3, 0.4) is 0 Å². The second-order valence-corrected chi connectivity index (χ2v) is 4.04. The maximum Gasteiger partial charge on any atom is 0.419 e. The number of rotatable bonds is 1. The van der Waals surface area contributed by atoms with E-state index in [-0.39, 0.29) is 11.6 Å². The molecule has 0 bridgehead atoms. The maximum atomic E-state index is 12.4. The lowest BCUT2D eigenvalue weighted by Gasteiger charge is -2.11. The van der Waals surface area contributed by atoms with Gasteiger partial charge in [0.1, 0.15) is 5.82 Å². The van der Waals surface area contributed by atoms with E-state index in [0.717, 1.165) is 24.8 Å². The first-order chi connectivity index (χ1) is 9.04. The average molecular weight is 270 g/mol. The van der Waals surface area contributed by atoms with Gasteiger partial charge < -0.3 is 5.32 Å². The fraction of sp³-hybridized carbons (Fsp3) is 0.400. The fourth-order valence-electron chi connectivity index (χ4n) is 1.75. The number of alkyl halides is 3. The minimum absolute atomic E-state index is 0.0925. The third-order valence-electron chi connectivity index (χ3n) is 2.71. The van der Waals surface area contributed by atoms with Crippen molar-refractivity contribution in [3.05, 3.63) is 23.8 Å². The Morgan fingerprint density at radius 2 is 1.89 bits per heavy atom. The Bertz CT molecular complexity index is 565. The normalized spacial score (nSPS) is 15.3. The molecular weight excluding hydrogens is 261 g/mol. The van der Waals surface area contributed by atoms with E-state index in [0.29, 0.717) is 13.1 Å². The highest BCUT2D eigenvalue weighted by molar-refractivity contribution is 5.42. The number of hydrogen-bond donors (Lipinski definition) is 1. The Hall–Kier alpha value is -2.03. The minimum atomic E-state index is -4.44. The van der Waals surface area contributed by atoms with Gasteiger partial charge in [0, 0.05) is 18.9 Å². The van der Waals surface area contributed by atoms with Gasteiger partial charge >= 0.3 is 6.18 Å². The molecule has 3 heterocycles. The summed E-state index contributed by atoms with van der Waals surface area (Å²) < 4.78 is 38.9. The van der Waals surface area contributed by atoms with E-state index >= 15 is 0 Å². The van der Waals surface area contributed by atoms with Crippen LogP contribution in [-0.4, -0.2) is 31.3 Å². The Morgan fingerprint density at radius 3 is 2.53 bits per heavy atom. The molecule has 3 rings (SSSR count). The smallest absolute Gasteiger partial charge is 0.308 e. The monoisotopic (exact) mass is 270 g/mol. The zero-order valence-electron chi connectivity index (χ0n) is 9.65. The van der Waals surface area contributed by atoms with Crippen molar-refractivity contribution < 1.29 is 13.2 Å². The molecule has 1 aliphatic rings. The van der Waals surface area contributed by atoms with Crippen molar-refractivity contribution in [1.82, 2.24) is 30.0 Å². The van der Waals surface area contributed by atoms with Crippen molar-refractivity contribution in [2.75, 3.05) is 6.54 Å². The first-order valence-electron chi connectivity index (χ1n) is 5.58. The van der Waals surface area contributed by atoms with Crippen molar-refractivity contribution in [2.24, 2.45) is 0 Å². The van der Waals surface area contributed by atoms with Gasteiger partial charge in [-0.15, -0.1) is 5.10 Å². The van der Waals surface area contributed by atoms with E-state index in [9.17, 15) is 13.2 Å². The van der Waals surface area contributed by atoms with Gasteiger partial charge in [0.05, 0.1) is 18.7 Å². The third kappa shape index (κ3) is 2.28. The number of fused-ring (bicyclic) bond motifs is 1. The highest BCUT2D eigenvalue weighted by Crippen LogP contribution is 2.28. The third-order valence-corrected chi connectivity index (χ3v) is 2.71. The lowest BCUT2D eigenvalue weighted by molar-refractivity contribution is -0.138. The lowest BCUT2D eigenvalue weighted by Crippen LogP contribution is -2.28. The summed E-state index contributed by atoms with van der Waals surface area (Å²) in [4.78, 5) is 11.5. The van der Waals surface area contributed by atoms with Gasteiger partial charge in [-0.05, 0) is 0 Å². The summed E-state index contributed by atoms with van der Waals surface area (Å²) in [6, 6.07) is 0. The predicted molar refractivity (Wildman–Crippen MR) is 57.8 cm³/mol. The molecule has 0 aliphatic carbocycles. The molecule has 0 atom stereocenters. The summed E-state index contributed by atoms with van der Waals surface area (Å²) >= 11 is 0. The molecule has 2 aromatic heterocycles. The molecule has 9 heteroatoms. The molecular formula is C10H9F3N6. The highest BCUT2D eigenvalue weighted by atomic mass is 19.4. The lowest BCUT2D eigenvalue weighted by atomic mass is 10.3. The fourth-order valence-corrected chi connectivity index (χ4v) is 1.75. The number of nitrogens with zero attached hydrogens (tertiary/aromatic N) is 5. The second-order valence-electron chi connectivity index (χ2n) is 4.04. The van der Waals surface area contributed by atoms with Crippen LogP contribution in [0.25, 0.3) is 11.6 Å². The topological polar surface area (TPSA) is 68.5 Å². The van der Waals surface area contributed by atoms with Crippen molar-refractivity contribution in [1.29, 1.82) is 0 Å². The molecule has 19 heavy (non-hydrogen) atoms. The molecule has 0 saturated carbocycles. The van der Waals surface area contributed by atoms with E-state index in [1.54, 1.807) is 4.68 Å². The largest absolute Gasteiger partial charge is 0.419 e. The second kappa shape index (κ2) is 4.26. The van der Waals surface area contributed by atoms with Crippen LogP contribution in [0.4, 0.5) is 13.2 Å². The molecule has 1 N–H and O–H groups in total. The molecule has 0 fully saturated rings. The first-order valence-corrected chi connectivity index (χ1v) is 5.58. The molecule has 0 radical (unpaired) electrons. The van der Waals surface area contributed by atoms with Crippen LogP contribution in [0.1, 0.15) is 11.4 Å². The van der Waals surface area contributed by atoms with Crippen molar-refractivity contribution in [3.8, 4) is 11.6 Å². The van der Waals surface area contributed by atoms with Crippen LogP contribution in [0.2, 0.25) is 0 Å². The molecule has 6 nitrogen and oxygen atoms in total. The van der Waals surface area contributed by atoms with E-state index < -0.39 is 11.7 Å². The summed E-state index contributed by atoms with van der Waals surface area (Å²) in [7, 11) is 0. The number of hydrogen-bond acceptors (Lipinski definition) is 5. The predicted octanol–water partition coefficient (Wildman–Crippen LogP) is 0.857. The van der Waals surface area contributed by atoms with E-state index in [1.807, 2.05) is 0 Å². The summed E-state index contributed by atoms with van der Waals surface area (Å²) in [5.41, 5.74) is -0.887. The van der Waals surface area contributed by atoms with Crippen molar-refractivity contribution in [3.63, 3.8) is 0 Å². The van der Waals surface area contributed by atoms with Crippen molar-refractivity contribution in [2.45, 2.75) is 19.3 Å². The minimum Gasteiger partial charge on any atom is -0.308 e. The van der Waals surface area contributed by atoms with E-state index in [2.05, 4.69) is 25.4 Å². The molecule has 0 amide bonds. The summed E-state index contributed by atoms with van der Waals surface area (Å²) in [5.74, 6) is 1.06. The van der Waals surface area contributed by atoms with Gasteiger partial charge in [-0.2, -0.15) is 13.2 Å². The zero-order chi connectivity index (χ0) is 13.5. The van der Waals surface area contributed by atoms with Crippen molar-refractivity contribution >= 4 is 0 Å². The van der Waals surface area contributed by atoms with Gasteiger partial charge in [-0.3, -0.25) is 0 Å². The Morgan fingerprint density at radius 1 is 1.16 bits per heavy atom. The Kier molecular flexibility index (Phi) is 2.70. The molecule has 0 aromatic carbocycles. The van der Waals surface area contributed by atoms with E-state index in [4.69, 9.17) is 0 Å². The number of nitrogens with one attached hydrogen (secondary N) is 1. The molecule has 2 aromatic rings. The zero-order valence-corrected chi connectivity index (χ0v) is 9.65. The van der Waals surface area contributed by atoms with Gasteiger partial charge in [0.15, 0.2) is 5.82 Å². The van der Waals surface area contributed by atoms with Gasteiger partial charge in [0.2, 0.25) is 5.82 Å². The van der Waals surface area contributed by atoms with Crippen LogP contribution in [-0.2, 0) is 19.3 Å². The average Bonchev–Trinajstić information content (AvgIpc) is 2.81. The van der Waals surface area contributed by atoms with Gasteiger partial charge in [-0.1, -0.05) is 0 Å². The van der Waals surface area contributed by atoms with Crippen LogP contribution in [0, 0.1) is 0 Å².